The Bertz CT molecular complexity index is 463. The number of carboxylic acids is 1. The predicted molar refractivity (Wildman–Crippen MR) is 70.7 cm³/mol. The molecule has 0 aliphatic rings. The van der Waals surface area contributed by atoms with E-state index in [1.165, 1.54) is 25.1 Å². The number of benzene rings is 1. The average molecular weight is 337 g/mol. The van der Waals surface area contributed by atoms with Gasteiger partial charge in [-0.25, -0.2) is 13.6 Å². The fourth-order valence-corrected chi connectivity index (χ4v) is 1.94. The van der Waals surface area contributed by atoms with Gasteiger partial charge in [0, 0.05) is 10.9 Å². The zero-order valence-corrected chi connectivity index (χ0v) is 12.2. The van der Waals surface area contributed by atoms with Crippen molar-refractivity contribution in [2.24, 2.45) is 0 Å². The SMILES string of the molecule is CCCC(F)(F)c1cc(Br)ccc1OC(C)C(=O)O. The minimum Gasteiger partial charge on any atom is -0.479 e. The molecule has 0 aliphatic carbocycles. The second-order valence-electron chi connectivity index (χ2n) is 4.19. The lowest BCUT2D eigenvalue weighted by atomic mass is 10.0. The van der Waals surface area contributed by atoms with E-state index in [4.69, 9.17) is 9.84 Å². The normalized spacial score (nSPS) is 13.1. The summed E-state index contributed by atoms with van der Waals surface area (Å²) in [7, 11) is 0. The van der Waals surface area contributed by atoms with Crippen molar-refractivity contribution in [3.05, 3.63) is 28.2 Å². The van der Waals surface area contributed by atoms with Crippen LogP contribution in [0.3, 0.4) is 0 Å². The van der Waals surface area contributed by atoms with E-state index in [-0.39, 0.29) is 17.7 Å². The quantitative estimate of drug-likeness (QED) is 0.847. The van der Waals surface area contributed by atoms with E-state index < -0.39 is 18.0 Å². The number of carboxylic acid groups (broad SMARTS) is 1. The van der Waals surface area contributed by atoms with Crippen LogP contribution in [0.1, 0.15) is 32.3 Å². The van der Waals surface area contributed by atoms with E-state index >= 15 is 0 Å². The van der Waals surface area contributed by atoms with Gasteiger partial charge in [-0.1, -0.05) is 29.3 Å². The first kappa shape index (κ1) is 15.9. The van der Waals surface area contributed by atoms with Crippen molar-refractivity contribution in [1.29, 1.82) is 0 Å². The molecule has 0 aliphatic heterocycles. The third kappa shape index (κ3) is 4.16. The standard InChI is InChI=1S/C13H15BrF2O3/c1-3-6-13(15,16)10-7-9(14)4-5-11(10)19-8(2)12(17)18/h4-5,7-8H,3,6H2,1-2H3,(H,17,18). The monoisotopic (exact) mass is 336 g/mol. The molecule has 0 heterocycles. The number of alkyl halides is 2. The average Bonchev–Trinajstić information content (AvgIpc) is 2.31. The Balaban J connectivity index is 3.14. The van der Waals surface area contributed by atoms with Gasteiger partial charge in [0.15, 0.2) is 6.10 Å². The lowest BCUT2D eigenvalue weighted by Gasteiger charge is -2.21. The molecule has 1 aromatic carbocycles. The number of ether oxygens (including phenoxy) is 1. The summed E-state index contributed by atoms with van der Waals surface area (Å²) in [4.78, 5) is 10.7. The summed E-state index contributed by atoms with van der Waals surface area (Å²) in [6, 6.07) is 4.15. The maximum Gasteiger partial charge on any atom is 0.344 e. The summed E-state index contributed by atoms with van der Waals surface area (Å²) in [6.07, 6.45) is -1.19. The smallest absolute Gasteiger partial charge is 0.344 e. The van der Waals surface area contributed by atoms with Gasteiger partial charge in [0.1, 0.15) is 5.75 Å². The van der Waals surface area contributed by atoms with Crippen LogP contribution in [0.2, 0.25) is 0 Å². The Morgan fingerprint density at radius 3 is 2.68 bits per heavy atom. The maximum atomic E-state index is 14.0. The van der Waals surface area contributed by atoms with Crippen molar-refractivity contribution in [3.8, 4) is 5.75 Å². The molecule has 0 fully saturated rings. The topological polar surface area (TPSA) is 46.5 Å². The maximum absolute atomic E-state index is 14.0. The Morgan fingerprint density at radius 2 is 2.16 bits per heavy atom. The van der Waals surface area contributed by atoms with Crippen molar-refractivity contribution in [3.63, 3.8) is 0 Å². The molecular weight excluding hydrogens is 322 g/mol. The Morgan fingerprint density at radius 1 is 1.53 bits per heavy atom. The largest absolute Gasteiger partial charge is 0.479 e. The summed E-state index contributed by atoms with van der Waals surface area (Å²) in [5, 5.41) is 8.77. The second-order valence-corrected chi connectivity index (χ2v) is 5.11. The van der Waals surface area contributed by atoms with Crippen molar-refractivity contribution >= 4 is 21.9 Å². The van der Waals surface area contributed by atoms with Crippen LogP contribution in [0.25, 0.3) is 0 Å². The van der Waals surface area contributed by atoms with Crippen LogP contribution in [0, 0.1) is 0 Å². The summed E-state index contributed by atoms with van der Waals surface area (Å²) < 4.78 is 33.6. The van der Waals surface area contributed by atoms with Gasteiger partial charge in [-0.15, -0.1) is 0 Å². The molecule has 0 amide bonds. The van der Waals surface area contributed by atoms with Crippen molar-refractivity contribution in [2.75, 3.05) is 0 Å². The summed E-state index contributed by atoms with van der Waals surface area (Å²) in [5.41, 5.74) is -0.295. The van der Waals surface area contributed by atoms with Crippen LogP contribution in [-0.2, 0) is 10.7 Å². The van der Waals surface area contributed by atoms with Gasteiger partial charge in [-0.2, -0.15) is 0 Å². The zero-order valence-electron chi connectivity index (χ0n) is 10.6. The van der Waals surface area contributed by atoms with Crippen molar-refractivity contribution < 1.29 is 23.4 Å². The highest BCUT2D eigenvalue weighted by atomic mass is 79.9. The molecule has 0 aromatic heterocycles. The second kappa shape index (κ2) is 6.32. The molecule has 1 atom stereocenters. The number of halogens is 3. The van der Waals surface area contributed by atoms with E-state index in [0.717, 1.165) is 0 Å². The summed E-state index contributed by atoms with van der Waals surface area (Å²) in [6.45, 7) is 2.96. The Kier molecular flexibility index (Phi) is 5.29. The summed E-state index contributed by atoms with van der Waals surface area (Å²) in [5.74, 6) is -4.35. The first-order valence-electron chi connectivity index (χ1n) is 5.85. The molecular formula is C13H15BrF2O3. The molecule has 0 radical (unpaired) electrons. The van der Waals surface area contributed by atoms with E-state index in [9.17, 15) is 13.6 Å². The van der Waals surface area contributed by atoms with Gasteiger partial charge in [0.25, 0.3) is 5.92 Å². The van der Waals surface area contributed by atoms with Crippen LogP contribution in [0.4, 0.5) is 8.78 Å². The van der Waals surface area contributed by atoms with E-state index in [1.54, 1.807) is 6.92 Å². The van der Waals surface area contributed by atoms with E-state index in [1.807, 2.05) is 0 Å². The first-order valence-corrected chi connectivity index (χ1v) is 6.64. The fourth-order valence-electron chi connectivity index (χ4n) is 1.58. The highest BCUT2D eigenvalue weighted by Crippen LogP contribution is 2.40. The van der Waals surface area contributed by atoms with E-state index in [0.29, 0.717) is 10.9 Å². The number of carbonyl (C=O) groups is 1. The van der Waals surface area contributed by atoms with Gasteiger partial charge in [-0.05, 0) is 25.1 Å². The van der Waals surface area contributed by atoms with Gasteiger partial charge in [0.05, 0.1) is 5.56 Å². The molecule has 1 aromatic rings. The molecule has 106 valence electrons. The number of aliphatic carboxylic acids is 1. The third-order valence-corrected chi connectivity index (χ3v) is 3.04. The van der Waals surface area contributed by atoms with Crippen LogP contribution < -0.4 is 4.74 Å². The van der Waals surface area contributed by atoms with Gasteiger partial charge >= 0.3 is 5.97 Å². The molecule has 1 unspecified atom stereocenters. The van der Waals surface area contributed by atoms with Crippen molar-refractivity contribution in [1.82, 2.24) is 0 Å². The number of rotatable bonds is 6. The highest BCUT2D eigenvalue weighted by Gasteiger charge is 2.34. The molecule has 1 rings (SSSR count). The van der Waals surface area contributed by atoms with Crippen LogP contribution >= 0.6 is 15.9 Å². The molecule has 0 saturated heterocycles. The van der Waals surface area contributed by atoms with Gasteiger partial charge < -0.3 is 9.84 Å². The number of hydrogen-bond donors (Lipinski definition) is 1. The molecule has 6 heteroatoms. The Hall–Kier alpha value is -1.17. The third-order valence-electron chi connectivity index (χ3n) is 2.55. The summed E-state index contributed by atoms with van der Waals surface area (Å²) >= 11 is 3.13. The molecule has 0 saturated carbocycles. The highest BCUT2D eigenvalue weighted by molar-refractivity contribution is 9.10. The van der Waals surface area contributed by atoms with Gasteiger partial charge in [0.2, 0.25) is 0 Å². The van der Waals surface area contributed by atoms with Crippen LogP contribution in [0.15, 0.2) is 22.7 Å². The minimum absolute atomic E-state index is 0.100. The predicted octanol–water partition coefficient (Wildman–Crippen LogP) is 4.19. The first-order chi connectivity index (χ1) is 8.77. The van der Waals surface area contributed by atoms with E-state index in [2.05, 4.69) is 15.9 Å². The molecule has 3 nitrogen and oxygen atoms in total. The zero-order chi connectivity index (χ0) is 14.6. The lowest BCUT2D eigenvalue weighted by molar-refractivity contribution is -0.144. The lowest BCUT2D eigenvalue weighted by Crippen LogP contribution is -2.25. The molecule has 0 bridgehead atoms. The van der Waals surface area contributed by atoms with Crippen LogP contribution in [0.5, 0.6) is 5.75 Å². The fraction of sp³-hybridized carbons (Fsp3) is 0.462. The molecule has 1 N–H and O–H groups in total. The molecule has 0 spiro atoms. The van der Waals surface area contributed by atoms with Gasteiger partial charge in [-0.3, -0.25) is 0 Å². The van der Waals surface area contributed by atoms with Crippen LogP contribution in [-0.4, -0.2) is 17.2 Å². The van der Waals surface area contributed by atoms with Crippen molar-refractivity contribution in [2.45, 2.75) is 38.7 Å². The molecule has 19 heavy (non-hydrogen) atoms. The Labute approximate surface area is 118 Å². The minimum atomic E-state index is -3.05. The number of hydrogen-bond acceptors (Lipinski definition) is 2.